The lowest BCUT2D eigenvalue weighted by Gasteiger charge is -2.10. The maximum Gasteiger partial charge on any atom is 0.209 e. The van der Waals surface area contributed by atoms with Crippen molar-refractivity contribution in [3.8, 4) is 0 Å². The molecule has 1 aliphatic rings. The molecule has 2 aromatic heterocycles. The second-order valence-corrected chi connectivity index (χ2v) is 7.12. The third-order valence-corrected chi connectivity index (χ3v) is 6.23. The van der Waals surface area contributed by atoms with Gasteiger partial charge in [0.15, 0.2) is 0 Å². The van der Waals surface area contributed by atoms with Crippen molar-refractivity contribution in [2.45, 2.75) is 42.6 Å². The lowest BCUT2D eigenvalue weighted by atomic mass is 10.3. The summed E-state index contributed by atoms with van der Waals surface area (Å²) in [6, 6.07) is 2.59. The summed E-state index contributed by atoms with van der Waals surface area (Å²) in [6.45, 7) is 0. The van der Waals surface area contributed by atoms with Crippen molar-refractivity contribution < 1.29 is 0 Å². The highest BCUT2D eigenvalue weighted by Gasteiger charge is 2.21. The van der Waals surface area contributed by atoms with Crippen LogP contribution in [0.3, 0.4) is 0 Å². The van der Waals surface area contributed by atoms with Crippen LogP contribution in [0.25, 0.3) is 0 Å². The van der Waals surface area contributed by atoms with E-state index in [-0.39, 0.29) is 0 Å². The number of rotatable bonds is 4. The fourth-order valence-corrected chi connectivity index (χ4v) is 4.96. The lowest BCUT2D eigenvalue weighted by Crippen LogP contribution is -2.08. The fraction of sp³-hybridized carbons (Fsp3) is 0.545. The summed E-state index contributed by atoms with van der Waals surface area (Å²) in [6.07, 6.45) is 5.01. The van der Waals surface area contributed by atoms with Gasteiger partial charge in [0, 0.05) is 15.1 Å². The summed E-state index contributed by atoms with van der Waals surface area (Å²) in [5.41, 5.74) is 0. The van der Waals surface area contributed by atoms with Gasteiger partial charge in [-0.2, -0.15) is 0 Å². The van der Waals surface area contributed by atoms with Gasteiger partial charge in [0.05, 0.1) is 6.04 Å². The lowest BCUT2D eigenvalue weighted by molar-refractivity contribution is 0.423. The number of halogens is 1. The highest BCUT2D eigenvalue weighted by molar-refractivity contribution is 9.10. The van der Waals surface area contributed by atoms with Crippen LogP contribution in [0.15, 0.2) is 21.1 Å². The quantitative estimate of drug-likeness (QED) is 0.788. The van der Waals surface area contributed by atoms with Crippen LogP contribution in [0.1, 0.15) is 36.6 Å². The second kappa shape index (κ2) is 5.71. The van der Waals surface area contributed by atoms with Crippen molar-refractivity contribution >= 4 is 39.0 Å². The molecular formula is C11H13BrN4S2. The van der Waals surface area contributed by atoms with Gasteiger partial charge in [-0.25, -0.2) is 4.68 Å². The van der Waals surface area contributed by atoms with Gasteiger partial charge in [-0.15, -0.1) is 16.4 Å². The number of aromatic nitrogens is 4. The minimum Gasteiger partial charge on any atom is -0.217 e. The van der Waals surface area contributed by atoms with E-state index >= 15 is 0 Å². The summed E-state index contributed by atoms with van der Waals surface area (Å²) in [4.78, 5) is 1.33. The zero-order chi connectivity index (χ0) is 12.4. The molecule has 3 rings (SSSR count). The van der Waals surface area contributed by atoms with E-state index in [1.54, 1.807) is 23.1 Å². The smallest absolute Gasteiger partial charge is 0.209 e. The van der Waals surface area contributed by atoms with E-state index in [9.17, 15) is 0 Å². The van der Waals surface area contributed by atoms with Gasteiger partial charge in [-0.05, 0) is 50.6 Å². The Morgan fingerprint density at radius 1 is 1.44 bits per heavy atom. The molecule has 0 aromatic carbocycles. The van der Waals surface area contributed by atoms with Crippen molar-refractivity contribution in [2.24, 2.45) is 0 Å². The standard InChI is InChI=1S/C11H13BrN4S2/c12-9-5-6-17-10(9)7-18-11-13-14-15-16(11)8-3-1-2-4-8/h5-6,8H,1-4,7H2. The molecule has 0 atom stereocenters. The maximum atomic E-state index is 4.15. The molecule has 0 bridgehead atoms. The summed E-state index contributed by atoms with van der Waals surface area (Å²) in [7, 11) is 0. The Hall–Kier alpha value is -0.400. The van der Waals surface area contributed by atoms with E-state index in [2.05, 4.69) is 42.9 Å². The highest BCUT2D eigenvalue weighted by atomic mass is 79.9. The third-order valence-electron chi connectivity index (χ3n) is 3.16. The monoisotopic (exact) mass is 344 g/mol. The first-order valence-corrected chi connectivity index (χ1v) is 8.63. The summed E-state index contributed by atoms with van der Waals surface area (Å²) < 4.78 is 3.19. The van der Waals surface area contributed by atoms with Gasteiger partial charge in [-0.1, -0.05) is 24.6 Å². The molecule has 2 heterocycles. The van der Waals surface area contributed by atoms with Crippen LogP contribution in [0.2, 0.25) is 0 Å². The van der Waals surface area contributed by atoms with Crippen molar-refractivity contribution in [3.63, 3.8) is 0 Å². The zero-order valence-corrected chi connectivity index (χ0v) is 13.0. The van der Waals surface area contributed by atoms with Crippen molar-refractivity contribution in [3.05, 3.63) is 20.8 Å². The molecule has 1 saturated carbocycles. The normalized spacial score (nSPS) is 16.5. The van der Waals surface area contributed by atoms with Crippen LogP contribution in [0.4, 0.5) is 0 Å². The van der Waals surface area contributed by atoms with Crippen LogP contribution in [-0.4, -0.2) is 20.2 Å². The topological polar surface area (TPSA) is 43.6 Å². The number of thioether (sulfide) groups is 1. The van der Waals surface area contributed by atoms with Gasteiger partial charge in [-0.3, -0.25) is 0 Å². The van der Waals surface area contributed by atoms with E-state index in [1.165, 1.54) is 35.0 Å². The molecule has 0 N–H and O–H groups in total. The van der Waals surface area contributed by atoms with Crippen molar-refractivity contribution in [2.75, 3.05) is 0 Å². The number of hydrogen-bond donors (Lipinski definition) is 0. The Bertz CT molecular complexity index is 519. The molecule has 0 aliphatic heterocycles. The van der Waals surface area contributed by atoms with Crippen LogP contribution in [0.5, 0.6) is 0 Å². The summed E-state index contributed by atoms with van der Waals surface area (Å²) >= 11 is 7.04. The van der Waals surface area contributed by atoms with Crippen molar-refractivity contribution in [1.82, 2.24) is 20.2 Å². The minimum atomic E-state index is 0.509. The largest absolute Gasteiger partial charge is 0.217 e. The van der Waals surface area contributed by atoms with Crippen LogP contribution in [0, 0.1) is 0 Å². The van der Waals surface area contributed by atoms with Gasteiger partial charge in [0.2, 0.25) is 5.16 Å². The van der Waals surface area contributed by atoms with E-state index in [1.807, 2.05) is 4.68 Å². The Kier molecular flexibility index (Phi) is 4.00. The SMILES string of the molecule is Brc1ccsc1CSc1nnnn1C1CCCC1. The summed E-state index contributed by atoms with van der Waals surface area (Å²) in [5.74, 6) is 0.922. The molecule has 0 radical (unpaired) electrons. The first-order valence-electron chi connectivity index (χ1n) is 5.97. The van der Waals surface area contributed by atoms with Gasteiger partial charge in [0.1, 0.15) is 0 Å². The molecule has 0 unspecified atom stereocenters. The molecule has 2 aromatic rings. The Morgan fingerprint density at radius 3 is 3.00 bits per heavy atom. The molecule has 4 nitrogen and oxygen atoms in total. The number of hydrogen-bond acceptors (Lipinski definition) is 5. The predicted octanol–water partition coefficient (Wildman–Crippen LogP) is 3.90. The Morgan fingerprint density at radius 2 is 2.28 bits per heavy atom. The van der Waals surface area contributed by atoms with Gasteiger partial charge < -0.3 is 0 Å². The van der Waals surface area contributed by atoms with E-state index in [0.29, 0.717) is 6.04 Å². The number of thiophene rings is 1. The molecule has 0 saturated heterocycles. The molecule has 1 fully saturated rings. The van der Waals surface area contributed by atoms with E-state index < -0.39 is 0 Å². The average Bonchev–Trinajstić information content (AvgIpc) is 3.07. The minimum absolute atomic E-state index is 0.509. The first-order chi connectivity index (χ1) is 8.84. The molecule has 1 aliphatic carbocycles. The molecule has 96 valence electrons. The molecule has 0 amide bonds. The molecular weight excluding hydrogens is 332 g/mol. The first kappa shape index (κ1) is 12.6. The fourth-order valence-electron chi connectivity index (χ4n) is 2.22. The molecule has 7 heteroatoms. The maximum absolute atomic E-state index is 4.15. The van der Waals surface area contributed by atoms with Crippen molar-refractivity contribution in [1.29, 1.82) is 0 Å². The Balaban J connectivity index is 1.69. The van der Waals surface area contributed by atoms with Gasteiger partial charge >= 0.3 is 0 Å². The van der Waals surface area contributed by atoms with Crippen LogP contribution >= 0.6 is 39.0 Å². The predicted molar refractivity (Wildman–Crippen MR) is 76.9 cm³/mol. The zero-order valence-electron chi connectivity index (χ0n) is 9.75. The van der Waals surface area contributed by atoms with Gasteiger partial charge in [0.25, 0.3) is 0 Å². The number of nitrogens with zero attached hydrogens (tertiary/aromatic N) is 4. The Labute approximate surface area is 122 Å². The highest BCUT2D eigenvalue weighted by Crippen LogP contribution is 2.34. The van der Waals surface area contributed by atoms with E-state index in [4.69, 9.17) is 0 Å². The number of tetrazole rings is 1. The van der Waals surface area contributed by atoms with E-state index in [0.717, 1.165) is 10.9 Å². The van der Waals surface area contributed by atoms with Crippen LogP contribution < -0.4 is 0 Å². The second-order valence-electron chi connectivity index (χ2n) is 4.32. The molecule has 0 spiro atoms. The summed E-state index contributed by atoms with van der Waals surface area (Å²) in [5, 5.41) is 15.2. The average molecular weight is 345 g/mol. The van der Waals surface area contributed by atoms with Crippen LogP contribution in [-0.2, 0) is 5.75 Å². The molecule has 18 heavy (non-hydrogen) atoms. The third kappa shape index (κ3) is 2.62.